The van der Waals surface area contributed by atoms with Gasteiger partial charge in [0.15, 0.2) is 0 Å². The molecule has 0 radical (unpaired) electrons. The van der Waals surface area contributed by atoms with Crippen molar-refractivity contribution in [3.05, 3.63) is 41.6 Å². The van der Waals surface area contributed by atoms with Crippen molar-refractivity contribution < 1.29 is 9.59 Å². The van der Waals surface area contributed by atoms with Gasteiger partial charge in [-0.05, 0) is 31.0 Å². The number of aromatic nitrogens is 1. The van der Waals surface area contributed by atoms with Crippen molar-refractivity contribution in [2.45, 2.75) is 32.7 Å². The summed E-state index contributed by atoms with van der Waals surface area (Å²) in [6.07, 6.45) is 2.97. The molecule has 1 saturated heterocycles. The van der Waals surface area contributed by atoms with Crippen molar-refractivity contribution in [3.63, 3.8) is 0 Å². The summed E-state index contributed by atoms with van der Waals surface area (Å²) in [6.45, 7) is 4.39. The summed E-state index contributed by atoms with van der Waals surface area (Å²) in [5.41, 5.74) is 1.40. The van der Waals surface area contributed by atoms with Gasteiger partial charge in [-0.3, -0.25) is 14.6 Å². The van der Waals surface area contributed by atoms with Gasteiger partial charge in [0.25, 0.3) is 5.91 Å². The van der Waals surface area contributed by atoms with E-state index in [0.717, 1.165) is 6.42 Å². The van der Waals surface area contributed by atoms with E-state index in [4.69, 9.17) is 10.5 Å². The van der Waals surface area contributed by atoms with E-state index < -0.39 is 11.9 Å². The zero-order chi connectivity index (χ0) is 19.8. The van der Waals surface area contributed by atoms with Gasteiger partial charge in [-0.2, -0.15) is 10.5 Å². The number of hydrogen-bond donors (Lipinski definition) is 1. The second-order valence-corrected chi connectivity index (χ2v) is 5.76. The van der Waals surface area contributed by atoms with Crippen LogP contribution >= 0.6 is 0 Å². The van der Waals surface area contributed by atoms with Gasteiger partial charge in [-0.25, -0.2) is 0 Å². The third-order valence-electron chi connectivity index (χ3n) is 4.24. The van der Waals surface area contributed by atoms with Crippen LogP contribution in [-0.2, 0) is 4.79 Å². The minimum atomic E-state index is -0.407. The first-order chi connectivity index (χ1) is 13.1. The first-order valence-corrected chi connectivity index (χ1v) is 8.90. The van der Waals surface area contributed by atoms with Crippen LogP contribution in [-0.4, -0.2) is 40.8 Å². The Kier molecular flexibility index (Phi) is 6.85. The van der Waals surface area contributed by atoms with Crippen LogP contribution in [0.2, 0.25) is 0 Å². The predicted octanol–water partition coefficient (Wildman–Crippen LogP) is 2.38. The van der Waals surface area contributed by atoms with Gasteiger partial charge in [0.05, 0.1) is 35.3 Å². The van der Waals surface area contributed by atoms with Crippen molar-refractivity contribution in [2.75, 3.05) is 13.1 Å². The molecular formula is C20H21N5O2. The Hall–Kier alpha value is -3.45. The zero-order valence-electron chi connectivity index (χ0n) is 15.4. The van der Waals surface area contributed by atoms with Crippen molar-refractivity contribution in [1.29, 1.82) is 10.5 Å². The number of hydrogen-bond acceptors (Lipinski definition) is 5. The highest BCUT2D eigenvalue weighted by Crippen LogP contribution is 2.19. The molecule has 1 N–H and O–H groups in total. The third kappa shape index (κ3) is 4.39. The van der Waals surface area contributed by atoms with E-state index in [-0.39, 0.29) is 12.5 Å². The molecule has 0 bridgehead atoms. The van der Waals surface area contributed by atoms with Crippen molar-refractivity contribution in [1.82, 2.24) is 15.2 Å². The number of carbonyl (C=O) groups excluding carboxylic acids is 2. The summed E-state index contributed by atoms with van der Waals surface area (Å²) in [7, 11) is 0. The first-order valence-electron chi connectivity index (χ1n) is 8.90. The van der Waals surface area contributed by atoms with Crippen LogP contribution in [0.5, 0.6) is 0 Å². The fourth-order valence-electron chi connectivity index (χ4n) is 2.97. The lowest BCUT2D eigenvalue weighted by Gasteiger charge is -2.19. The van der Waals surface area contributed by atoms with Crippen molar-refractivity contribution >= 4 is 22.7 Å². The number of likely N-dealkylation sites (tertiary alicyclic amines) is 1. The quantitative estimate of drug-likeness (QED) is 0.900. The van der Waals surface area contributed by atoms with Crippen molar-refractivity contribution in [3.8, 4) is 12.1 Å². The van der Waals surface area contributed by atoms with E-state index in [9.17, 15) is 9.59 Å². The highest BCUT2D eigenvalue weighted by atomic mass is 16.2. The summed E-state index contributed by atoms with van der Waals surface area (Å²) in [4.78, 5) is 30.3. The molecule has 2 heterocycles. The lowest BCUT2D eigenvalue weighted by molar-refractivity contribution is -0.130. The number of amides is 2. The Morgan fingerprint density at radius 2 is 2.07 bits per heavy atom. The van der Waals surface area contributed by atoms with Crippen molar-refractivity contribution in [2.24, 2.45) is 0 Å². The number of carbonyl (C=O) groups is 2. The smallest absolute Gasteiger partial charge is 0.252 e. The largest absolute Gasteiger partial charge is 0.343 e. The van der Waals surface area contributed by atoms with Crippen LogP contribution in [0.3, 0.4) is 0 Å². The van der Waals surface area contributed by atoms with E-state index in [0.29, 0.717) is 35.0 Å². The molecule has 3 rings (SSSR count). The SMILES string of the molecule is CC.N#Cc1ccc2c(C(=O)NCC(=O)N3CCCC3C#N)ccnc2c1. The normalized spacial score (nSPS) is 15.3. The number of nitrogens with zero attached hydrogens (tertiary/aromatic N) is 4. The summed E-state index contributed by atoms with van der Waals surface area (Å²) in [6, 6.07) is 10.2. The second kappa shape index (κ2) is 9.30. The molecule has 0 spiro atoms. The van der Waals surface area contributed by atoms with Crippen LogP contribution in [0.15, 0.2) is 30.5 Å². The first kappa shape index (κ1) is 19.9. The number of nitrogens with one attached hydrogen (secondary N) is 1. The Morgan fingerprint density at radius 3 is 2.78 bits per heavy atom. The fraction of sp³-hybridized carbons (Fsp3) is 0.350. The van der Waals surface area contributed by atoms with Crippen LogP contribution in [0.25, 0.3) is 10.9 Å². The molecule has 7 nitrogen and oxygen atoms in total. The van der Waals surface area contributed by atoms with Crippen LogP contribution in [0.1, 0.15) is 42.6 Å². The van der Waals surface area contributed by atoms with Gasteiger partial charge in [0.2, 0.25) is 5.91 Å². The number of nitriles is 2. The van der Waals surface area contributed by atoms with Gasteiger partial charge in [0, 0.05) is 18.1 Å². The van der Waals surface area contributed by atoms with Crippen LogP contribution in [0, 0.1) is 22.7 Å². The standard InChI is InChI=1S/C18H15N5O2.C2H6/c19-9-12-3-4-14-15(5-6-21-16(14)8-12)18(25)22-11-17(24)23-7-1-2-13(23)10-20;1-2/h3-6,8,13H,1-2,7,11H2,(H,22,25);1-2H3. The lowest BCUT2D eigenvalue weighted by Crippen LogP contribution is -2.42. The fourth-order valence-corrected chi connectivity index (χ4v) is 2.97. The number of rotatable bonds is 3. The summed E-state index contributed by atoms with van der Waals surface area (Å²) in [5.74, 6) is -0.652. The van der Waals surface area contributed by atoms with Gasteiger partial charge >= 0.3 is 0 Å². The minimum absolute atomic E-state index is 0.156. The molecule has 0 saturated carbocycles. The van der Waals surface area contributed by atoms with E-state index in [1.54, 1.807) is 24.3 Å². The Morgan fingerprint density at radius 1 is 1.30 bits per heavy atom. The highest BCUT2D eigenvalue weighted by Gasteiger charge is 2.28. The predicted molar refractivity (Wildman–Crippen MR) is 100 cm³/mol. The van der Waals surface area contributed by atoms with Gasteiger partial charge < -0.3 is 10.2 Å². The monoisotopic (exact) mass is 363 g/mol. The Bertz CT molecular complexity index is 926. The molecule has 1 aliphatic heterocycles. The van der Waals surface area contributed by atoms with Gasteiger partial charge in [-0.1, -0.05) is 19.9 Å². The molecular weight excluding hydrogens is 342 g/mol. The zero-order valence-corrected chi connectivity index (χ0v) is 15.4. The maximum atomic E-state index is 12.4. The molecule has 2 aromatic rings. The average Bonchev–Trinajstić information content (AvgIpc) is 3.21. The Labute approximate surface area is 158 Å². The van der Waals surface area contributed by atoms with E-state index >= 15 is 0 Å². The summed E-state index contributed by atoms with van der Waals surface area (Å²) >= 11 is 0. The second-order valence-electron chi connectivity index (χ2n) is 5.76. The van der Waals surface area contributed by atoms with E-state index in [1.807, 2.05) is 19.9 Å². The number of pyridine rings is 1. The van der Waals surface area contributed by atoms with E-state index in [1.165, 1.54) is 11.1 Å². The van der Waals surface area contributed by atoms with Gasteiger partial charge in [0.1, 0.15) is 6.04 Å². The van der Waals surface area contributed by atoms with E-state index in [2.05, 4.69) is 16.4 Å². The number of benzene rings is 1. The molecule has 2 amide bonds. The third-order valence-corrected chi connectivity index (χ3v) is 4.24. The molecule has 1 aromatic heterocycles. The number of fused-ring (bicyclic) bond motifs is 1. The van der Waals surface area contributed by atoms with Crippen LogP contribution < -0.4 is 5.32 Å². The molecule has 1 aliphatic rings. The summed E-state index contributed by atoms with van der Waals surface area (Å²) < 4.78 is 0. The van der Waals surface area contributed by atoms with Gasteiger partial charge in [-0.15, -0.1) is 0 Å². The molecule has 1 fully saturated rings. The average molecular weight is 363 g/mol. The minimum Gasteiger partial charge on any atom is -0.343 e. The van der Waals surface area contributed by atoms with Crippen LogP contribution in [0.4, 0.5) is 0 Å². The Balaban J connectivity index is 0.00000126. The molecule has 0 aliphatic carbocycles. The molecule has 1 unspecified atom stereocenters. The molecule has 1 aromatic carbocycles. The maximum Gasteiger partial charge on any atom is 0.252 e. The summed E-state index contributed by atoms with van der Waals surface area (Å²) in [5, 5.41) is 21.2. The maximum absolute atomic E-state index is 12.4. The molecule has 7 heteroatoms. The lowest BCUT2D eigenvalue weighted by atomic mass is 10.1. The molecule has 138 valence electrons. The molecule has 27 heavy (non-hydrogen) atoms. The molecule has 1 atom stereocenters. The highest BCUT2D eigenvalue weighted by molar-refractivity contribution is 6.07. The topological polar surface area (TPSA) is 110 Å².